The average Bonchev–Trinajstić information content (AvgIpc) is 3.49. The summed E-state index contributed by atoms with van der Waals surface area (Å²) in [5.74, 6) is 1.63. The van der Waals surface area contributed by atoms with Crippen LogP contribution in [-0.2, 0) is 0 Å². The van der Waals surface area contributed by atoms with Crippen molar-refractivity contribution in [1.29, 1.82) is 0 Å². The Kier molecular flexibility index (Phi) is 6.82. The lowest BCUT2D eigenvalue weighted by molar-refractivity contribution is 0.415. The number of rotatable bonds is 6. The molecule has 0 spiro atoms. The molecule has 0 bridgehead atoms. The van der Waals surface area contributed by atoms with Crippen molar-refractivity contribution in [3.63, 3.8) is 0 Å². The largest absolute Gasteiger partial charge is 0.497 e. The summed E-state index contributed by atoms with van der Waals surface area (Å²) >= 11 is 8.77. The normalized spacial score (nSPS) is 11.4. The van der Waals surface area contributed by atoms with E-state index in [4.69, 9.17) is 21.1 Å². The summed E-state index contributed by atoms with van der Waals surface area (Å²) < 4.78 is 13.3. The van der Waals surface area contributed by atoms with Gasteiger partial charge in [0, 0.05) is 47.8 Å². The summed E-state index contributed by atoms with van der Waals surface area (Å²) in [5, 5.41) is 8.00. The van der Waals surface area contributed by atoms with Crippen LogP contribution in [0.15, 0.2) is 133 Å². The van der Waals surface area contributed by atoms with Gasteiger partial charge in [0.05, 0.1) is 14.2 Å². The summed E-state index contributed by atoms with van der Waals surface area (Å²) in [6.45, 7) is 0. The molecule has 0 saturated carbocycles. The Morgan fingerprint density at radius 2 is 1.13 bits per heavy atom. The highest BCUT2D eigenvalue weighted by atomic mass is 35.5. The minimum absolute atomic E-state index is 0.764. The zero-order valence-electron chi connectivity index (χ0n) is 24.8. The molecule has 0 aliphatic rings. The minimum atomic E-state index is 0.764. The van der Waals surface area contributed by atoms with Crippen molar-refractivity contribution in [2.75, 3.05) is 19.1 Å². The summed E-state index contributed by atoms with van der Waals surface area (Å²) in [6, 6.07) is 46.8. The van der Waals surface area contributed by atoms with Gasteiger partial charge in [-0.1, -0.05) is 72.3 Å². The predicted octanol–water partition coefficient (Wildman–Crippen LogP) is 12.2. The van der Waals surface area contributed by atoms with E-state index in [0.717, 1.165) is 44.4 Å². The Morgan fingerprint density at radius 3 is 1.80 bits per heavy atom. The molecule has 0 saturated heterocycles. The molecule has 0 aliphatic carbocycles. The Balaban J connectivity index is 1.34. The number of fused-ring (bicyclic) bond motifs is 6. The molecular formula is C40H28ClNO2S. The molecule has 8 rings (SSSR count). The van der Waals surface area contributed by atoms with Gasteiger partial charge in [-0.05, 0) is 99.9 Å². The molecule has 218 valence electrons. The third-order valence-corrected chi connectivity index (χ3v) is 10.0. The van der Waals surface area contributed by atoms with Crippen LogP contribution in [-0.4, -0.2) is 14.2 Å². The number of anilines is 3. The molecule has 0 radical (unpaired) electrons. The summed E-state index contributed by atoms with van der Waals surface area (Å²) in [7, 11) is 3.37. The van der Waals surface area contributed by atoms with Crippen LogP contribution in [0.3, 0.4) is 0 Å². The Morgan fingerprint density at radius 1 is 0.533 bits per heavy atom. The highest BCUT2D eigenvalue weighted by Gasteiger charge is 2.19. The topological polar surface area (TPSA) is 21.7 Å². The molecule has 0 amide bonds. The van der Waals surface area contributed by atoms with E-state index in [1.54, 1.807) is 25.6 Å². The maximum absolute atomic E-state index is 6.97. The number of hydrogen-bond acceptors (Lipinski definition) is 4. The van der Waals surface area contributed by atoms with Crippen LogP contribution >= 0.6 is 22.9 Å². The lowest BCUT2D eigenvalue weighted by atomic mass is 9.92. The maximum Gasteiger partial charge on any atom is 0.119 e. The number of methoxy groups -OCH3 is 2. The van der Waals surface area contributed by atoms with Crippen LogP contribution in [0.2, 0.25) is 5.02 Å². The van der Waals surface area contributed by atoms with E-state index in [-0.39, 0.29) is 0 Å². The van der Waals surface area contributed by atoms with Gasteiger partial charge in [0.25, 0.3) is 0 Å². The zero-order chi connectivity index (χ0) is 30.5. The molecule has 0 N–H and O–H groups in total. The molecule has 0 aliphatic heterocycles. The Labute approximate surface area is 270 Å². The average molecular weight is 622 g/mol. The fourth-order valence-corrected chi connectivity index (χ4v) is 7.97. The lowest BCUT2D eigenvalue weighted by Gasteiger charge is -2.26. The first-order valence-corrected chi connectivity index (χ1v) is 16.0. The van der Waals surface area contributed by atoms with Crippen molar-refractivity contribution >= 4 is 81.7 Å². The van der Waals surface area contributed by atoms with Gasteiger partial charge >= 0.3 is 0 Å². The van der Waals surface area contributed by atoms with E-state index in [1.807, 2.05) is 30.3 Å². The second-order valence-corrected chi connectivity index (χ2v) is 12.5. The number of hydrogen-bond donors (Lipinski definition) is 0. The fraction of sp³-hybridized carbons (Fsp3) is 0.0500. The molecule has 0 atom stereocenters. The zero-order valence-corrected chi connectivity index (χ0v) is 26.3. The minimum Gasteiger partial charge on any atom is -0.497 e. The second-order valence-electron chi connectivity index (χ2n) is 11.0. The number of nitrogens with zero attached hydrogens (tertiary/aromatic N) is 1. The van der Waals surface area contributed by atoms with Gasteiger partial charge in [0.15, 0.2) is 0 Å². The van der Waals surface area contributed by atoms with Crippen molar-refractivity contribution in [2.24, 2.45) is 0 Å². The van der Waals surface area contributed by atoms with Gasteiger partial charge < -0.3 is 14.4 Å². The summed E-state index contributed by atoms with van der Waals surface area (Å²) in [5.41, 5.74) is 5.53. The van der Waals surface area contributed by atoms with E-state index in [0.29, 0.717) is 0 Å². The molecule has 0 unspecified atom stereocenters. The lowest BCUT2D eigenvalue weighted by Crippen LogP contribution is -2.09. The summed E-state index contributed by atoms with van der Waals surface area (Å²) in [6.07, 6.45) is 0. The van der Waals surface area contributed by atoms with Gasteiger partial charge in [-0.3, -0.25) is 0 Å². The van der Waals surface area contributed by atoms with E-state index in [2.05, 4.69) is 108 Å². The Bertz CT molecular complexity index is 2310. The highest BCUT2D eigenvalue weighted by Crippen LogP contribution is 2.47. The van der Waals surface area contributed by atoms with Crippen LogP contribution in [0.4, 0.5) is 17.1 Å². The molecule has 1 heterocycles. The molecule has 0 fully saturated rings. The first-order valence-electron chi connectivity index (χ1n) is 14.8. The highest BCUT2D eigenvalue weighted by molar-refractivity contribution is 7.26. The Hall–Kier alpha value is -5.03. The first-order chi connectivity index (χ1) is 22.1. The fourth-order valence-electron chi connectivity index (χ4n) is 6.37. The first kappa shape index (κ1) is 27.5. The predicted molar refractivity (Wildman–Crippen MR) is 193 cm³/mol. The van der Waals surface area contributed by atoms with E-state index in [1.165, 1.54) is 42.1 Å². The molecule has 7 aromatic carbocycles. The van der Waals surface area contributed by atoms with E-state index < -0.39 is 0 Å². The van der Waals surface area contributed by atoms with Gasteiger partial charge in [0.2, 0.25) is 0 Å². The third kappa shape index (κ3) is 4.65. The number of thiophene rings is 1. The molecule has 3 nitrogen and oxygen atoms in total. The number of benzene rings is 7. The molecule has 45 heavy (non-hydrogen) atoms. The standard InChI is InChI=1S/C40H28ClNO2S/c1-43-29-16-11-26(12-17-29)42(27-13-18-30(44-2)19-14-27)28-15-20-35-38(24-28)45-40-34(21-22-37(41)39(35)40)36-23-25-7-3-4-8-31(25)32-9-5-6-10-33(32)36/h3-24H,1-2H3. The molecule has 1 aromatic heterocycles. The van der Waals surface area contributed by atoms with Crippen LogP contribution < -0.4 is 14.4 Å². The van der Waals surface area contributed by atoms with Gasteiger partial charge in [0.1, 0.15) is 11.5 Å². The SMILES string of the molecule is COc1ccc(N(c2ccc(OC)cc2)c2ccc3c(c2)sc2c(-c4cc5ccccc5c5ccccc45)ccc(Cl)c23)cc1. The summed E-state index contributed by atoms with van der Waals surface area (Å²) in [4.78, 5) is 2.25. The number of halogens is 1. The third-order valence-electron chi connectivity index (χ3n) is 8.53. The number of ether oxygens (including phenoxy) is 2. The van der Waals surface area contributed by atoms with Crippen LogP contribution in [0, 0.1) is 0 Å². The van der Waals surface area contributed by atoms with Crippen molar-refractivity contribution < 1.29 is 9.47 Å². The van der Waals surface area contributed by atoms with Gasteiger partial charge in [-0.15, -0.1) is 11.3 Å². The van der Waals surface area contributed by atoms with E-state index in [9.17, 15) is 0 Å². The quantitative estimate of drug-likeness (QED) is 0.172. The van der Waals surface area contributed by atoms with Crippen molar-refractivity contribution in [3.05, 3.63) is 138 Å². The maximum atomic E-state index is 6.97. The van der Waals surface area contributed by atoms with Crippen molar-refractivity contribution in [1.82, 2.24) is 0 Å². The molecule has 8 aromatic rings. The van der Waals surface area contributed by atoms with Gasteiger partial charge in [-0.2, -0.15) is 0 Å². The monoisotopic (exact) mass is 621 g/mol. The van der Waals surface area contributed by atoms with Crippen LogP contribution in [0.5, 0.6) is 11.5 Å². The van der Waals surface area contributed by atoms with Crippen molar-refractivity contribution in [2.45, 2.75) is 0 Å². The smallest absolute Gasteiger partial charge is 0.119 e. The van der Waals surface area contributed by atoms with Crippen LogP contribution in [0.25, 0.3) is 52.8 Å². The van der Waals surface area contributed by atoms with Gasteiger partial charge in [-0.25, -0.2) is 0 Å². The molecular weight excluding hydrogens is 594 g/mol. The van der Waals surface area contributed by atoms with E-state index >= 15 is 0 Å². The van der Waals surface area contributed by atoms with Crippen LogP contribution in [0.1, 0.15) is 0 Å². The molecule has 5 heteroatoms. The van der Waals surface area contributed by atoms with Crippen molar-refractivity contribution in [3.8, 4) is 22.6 Å². The second kappa shape index (κ2) is 11.2.